The van der Waals surface area contributed by atoms with Gasteiger partial charge in [0.05, 0.1) is 24.7 Å². The summed E-state index contributed by atoms with van der Waals surface area (Å²) in [6.45, 7) is 4.80. The van der Waals surface area contributed by atoms with Crippen LogP contribution in [0.1, 0.15) is 11.5 Å². The minimum absolute atomic E-state index is 0.0518. The Bertz CT molecular complexity index is 790. The Labute approximate surface area is 141 Å². The van der Waals surface area contributed by atoms with E-state index in [-0.39, 0.29) is 11.4 Å². The number of hydrogen-bond donors (Lipinski definition) is 1. The smallest absolute Gasteiger partial charge is 0.240 e. The van der Waals surface area contributed by atoms with Crippen molar-refractivity contribution in [1.29, 1.82) is 0 Å². The van der Waals surface area contributed by atoms with Crippen LogP contribution in [0.4, 0.5) is 5.82 Å². The first-order valence-electron chi connectivity index (χ1n) is 7.76. The van der Waals surface area contributed by atoms with Crippen molar-refractivity contribution in [1.82, 2.24) is 14.7 Å². The van der Waals surface area contributed by atoms with Crippen LogP contribution in [-0.4, -0.2) is 44.7 Å². The highest BCUT2D eigenvalue weighted by Gasteiger charge is 2.16. The molecule has 0 unspecified atom stereocenters. The molecule has 8 heteroatoms. The number of aryl methyl sites for hydroxylation is 1. The Morgan fingerprint density at radius 2 is 1.88 bits per heavy atom. The standard InChI is InChI=1S/C16H20N4O3S/c1-13-11-16(20-7-9-23-10-8-20)19-15(18-13)12-17-24(21,22)14-5-3-2-4-6-14/h2-6,11,17H,7-10,12H2,1H3. The van der Waals surface area contributed by atoms with Crippen LogP contribution in [0.5, 0.6) is 0 Å². The molecular formula is C16H20N4O3S. The quantitative estimate of drug-likeness (QED) is 0.871. The molecule has 24 heavy (non-hydrogen) atoms. The van der Waals surface area contributed by atoms with Crippen LogP contribution >= 0.6 is 0 Å². The van der Waals surface area contributed by atoms with Gasteiger partial charge in [-0.1, -0.05) is 18.2 Å². The molecule has 3 rings (SSSR count). The zero-order valence-electron chi connectivity index (χ0n) is 13.5. The van der Waals surface area contributed by atoms with Gasteiger partial charge in [-0.05, 0) is 19.1 Å². The first-order chi connectivity index (χ1) is 11.5. The Morgan fingerprint density at radius 1 is 1.17 bits per heavy atom. The van der Waals surface area contributed by atoms with E-state index in [4.69, 9.17) is 4.74 Å². The van der Waals surface area contributed by atoms with Gasteiger partial charge in [-0.2, -0.15) is 0 Å². The fourth-order valence-electron chi connectivity index (χ4n) is 2.49. The Balaban J connectivity index is 1.74. The molecular weight excluding hydrogens is 328 g/mol. The maximum absolute atomic E-state index is 12.3. The third kappa shape index (κ3) is 4.08. The van der Waals surface area contributed by atoms with Crippen LogP contribution in [0.15, 0.2) is 41.3 Å². The lowest BCUT2D eigenvalue weighted by Crippen LogP contribution is -2.37. The Hall–Kier alpha value is -2.03. The molecule has 1 aromatic carbocycles. The number of hydrogen-bond acceptors (Lipinski definition) is 6. The second kappa shape index (κ2) is 7.25. The average Bonchev–Trinajstić information content (AvgIpc) is 2.61. The van der Waals surface area contributed by atoms with Gasteiger partial charge in [-0.3, -0.25) is 0 Å². The lowest BCUT2D eigenvalue weighted by Gasteiger charge is -2.28. The molecule has 0 spiro atoms. The lowest BCUT2D eigenvalue weighted by atomic mass is 10.3. The van der Waals surface area contributed by atoms with Crippen LogP contribution in [0, 0.1) is 6.92 Å². The van der Waals surface area contributed by atoms with Crippen molar-refractivity contribution >= 4 is 15.8 Å². The fraction of sp³-hybridized carbons (Fsp3) is 0.375. The van der Waals surface area contributed by atoms with Gasteiger partial charge in [0.1, 0.15) is 11.6 Å². The SMILES string of the molecule is Cc1cc(N2CCOCC2)nc(CNS(=O)(=O)c2ccccc2)n1. The minimum Gasteiger partial charge on any atom is -0.378 e. The summed E-state index contributed by atoms with van der Waals surface area (Å²) >= 11 is 0. The zero-order chi connectivity index (χ0) is 17.0. The number of aromatic nitrogens is 2. The van der Waals surface area contributed by atoms with Crippen LogP contribution in [0.3, 0.4) is 0 Å². The summed E-state index contributed by atoms with van der Waals surface area (Å²) in [4.78, 5) is 11.2. The highest BCUT2D eigenvalue weighted by molar-refractivity contribution is 7.89. The third-order valence-corrected chi connectivity index (χ3v) is 5.11. The van der Waals surface area contributed by atoms with Crippen LogP contribution in [0.25, 0.3) is 0 Å². The molecule has 0 amide bonds. The normalized spacial score (nSPS) is 15.5. The van der Waals surface area contributed by atoms with Crippen molar-refractivity contribution in [2.45, 2.75) is 18.4 Å². The third-order valence-electron chi connectivity index (χ3n) is 3.70. The van der Waals surface area contributed by atoms with Crippen molar-refractivity contribution in [3.8, 4) is 0 Å². The molecule has 2 aromatic rings. The van der Waals surface area contributed by atoms with Crippen molar-refractivity contribution < 1.29 is 13.2 Å². The van der Waals surface area contributed by atoms with Gasteiger partial charge in [0.25, 0.3) is 0 Å². The molecule has 0 saturated carbocycles. The minimum atomic E-state index is -3.57. The number of morpholine rings is 1. The topological polar surface area (TPSA) is 84.4 Å². The molecule has 0 aliphatic carbocycles. The highest BCUT2D eigenvalue weighted by Crippen LogP contribution is 2.15. The Kier molecular flexibility index (Phi) is 5.08. The maximum Gasteiger partial charge on any atom is 0.240 e. The zero-order valence-corrected chi connectivity index (χ0v) is 14.3. The van der Waals surface area contributed by atoms with E-state index in [1.807, 2.05) is 13.0 Å². The first kappa shape index (κ1) is 16.8. The van der Waals surface area contributed by atoms with Gasteiger partial charge in [-0.25, -0.2) is 23.1 Å². The molecule has 1 saturated heterocycles. The molecule has 1 N–H and O–H groups in total. The second-order valence-electron chi connectivity index (χ2n) is 5.52. The second-order valence-corrected chi connectivity index (χ2v) is 7.29. The van der Waals surface area contributed by atoms with Crippen LogP contribution in [-0.2, 0) is 21.3 Å². The number of anilines is 1. The summed E-state index contributed by atoms with van der Waals surface area (Å²) in [6, 6.07) is 10.2. The van der Waals surface area contributed by atoms with E-state index < -0.39 is 10.0 Å². The van der Waals surface area contributed by atoms with E-state index in [0.29, 0.717) is 19.0 Å². The van der Waals surface area contributed by atoms with E-state index in [0.717, 1.165) is 24.6 Å². The average molecular weight is 348 g/mol. The maximum atomic E-state index is 12.3. The number of nitrogens with zero attached hydrogens (tertiary/aromatic N) is 3. The van der Waals surface area contributed by atoms with Gasteiger partial charge in [0.2, 0.25) is 10.0 Å². The molecule has 0 atom stereocenters. The van der Waals surface area contributed by atoms with Gasteiger partial charge in [0, 0.05) is 24.8 Å². The summed E-state index contributed by atoms with van der Waals surface area (Å²) < 4.78 is 32.5. The number of nitrogens with one attached hydrogen (secondary N) is 1. The number of ether oxygens (including phenoxy) is 1. The molecule has 0 radical (unpaired) electrons. The molecule has 1 fully saturated rings. The summed E-state index contributed by atoms with van der Waals surface area (Å²) in [5.74, 6) is 1.26. The predicted octanol–water partition coefficient (Wildman–Crippen LogP) is 1.10. The molecule has 1 aromatic heterocycles. The number of benzene rings is 1. The summed E-state index contributed by atoms with van der Waals surface area (Å²) in [7, 11) is -3.57. The summed E-state index contributed by atoms with van der Waals surface area (Å²) in [6.07, 6.45) is 0. The molecule has 7 nitrogen and oxygen atoms in total. The largest absolute Gasteiger partial charge is 0.378 e. The number of sulfonamides is 1. The predicted molar refractivity (Wildman–Crippen MR) is 90.3 cm³/mol. The molecule has 0 bridgehead atoms. The molecule has 128 valence electrons. The van der Waals surface area contributed by atoms with Gasteiger partial charge < -0.3 is 9.64 Å². The van der Waals surface area contributed by atoms with Gasteiger partial charge >= 0.3 is 0 Å². The van der Waals surface area contributed by atoms with E-state index in [1.165, 1.54) is 0 Å². The first-order valence-corrected chi connectivity index (χ1v) is 9.25. The van der Waals surface area contributed by atoms with E-state index in [1.54, 1.807) is 30.3 Å². The monoisotopic (exact) mass is 348 g/mol. The van der Waals surface area contributed by atoms with Crippen molar-refractivity contribution in [3.05, 3.63) is 47.9 Å². The molecule has 2 heterocycles. The summed E-state index contributed by atoms with van der Waals surface area (Å²) in [5, 5.41) is 0. The van der Waals surface area contributed by atoms with Crippen molar-refractivity contribution in [3.63, 3.8) is 0 Å². The highest BCUT2D eigenvalue weighted by atomic mass is 32.2. The Morgan fingerprint density at radius 3 is 2.58 bits per heavy atom. The summed E-state index contributed by atoms with van der Waals surface area (Å²) in [5.41, 5.74) is 0.806. The number of rotatable bonds is 5. The molecule has 1 aliphatic rings. The van der Waals surface area contributed by atoms with Gasteiger partial charge in [-0.15, -0.1) is 0 Å². The van der Waals surface area contributed by atoms with E-state index in [2.05, 4.69) is 19.6 Å². The van der Waals surface area contributed by atoms with E-state index >= 15 is 0 Å². The van der Waals surface area contributed by atoms with Crippen molar-refractivity contribution in [2.24, 2.45) is 0 Å². The lowest BCUT2D eigenvalue weighted by molar-refractivity contribution is 0.122. The van der Waals surface area contributed by atoms with E-state index in [9.17, 15) is 8.42 Å². The molecule has 1 aliphatic heterocycles. The van der Waals surface area contributed by atoms with Crippen LogP contribution < -0.4 is 9.62 Å². The fourth-order valence-corrected chi connectivity index (χ4v) is 3.49. The van der Waals surface area contributed by atoms with Gasteiger partial charge in [0.15, 0.2) is 0 Å². The van der Waals surface area contributed by atoms with Crippen molar-refractivity contribution in [2.75, 3.05) is 31.2 Å². The van der Waals surface area contributed by atoms with Crippen LogP contribution in [0.2, 0.25) is 0 Å².